The van der Waals surface area contributed by atoms with E-state index in [4.69, 9.17) is 4.74 Å². The molecule has 7 heteroatoms. The number of nitrogens with zero attached hydrogens (tertiary/aromatic N) is 2. The molecule has 0 spiro atoms. The first kappa shape index (κ1) is 16.3. The van der Waals surface area contributed by atoms with Crippen LogP contribution < -0.4 is 10.2 Å². The Morgan fingerprint density at radius 1 is 0.885 bits per heavy atom. The molecule has 4 rings (SSSR count). The summed E-state index contributed by atoms with van der Waals surface area (Å²) in [4.78, 5) is 40.0. The number of rotatable bonds is 2. The first-order valence-electron chi connectivity index (χ1n) is 8.37. The Labute approximate surface area is 150 Å². The zero-order valence-electron chi connectivity index (χ0n) is 14.0. The Balaban J connectivity index is 1.49. The normalized spacial score (nSPS) is 16.6. The van der Waals surface area contributed by atoms with Crippen molar-refractivity contribution in [1.82, 2.24) is 4.90 Å². The second kappa shape index (κ2) is 6.61. The highest BCUT2D eigenvalue weighted by molar-refractivity contribution is 6.34. The molecule has 0 radical (unpaired) electrons. The molecule has 0 atom stereocenters. The van der Waals surface area contributed by atoms with E-state index < -0.39 is 0 Å². The molecule has 0 saturated carbocycles. The fourth-order valence-electron chi connectivity index (χ4n) is 3.09. The average Bonchev–Trinajstić information content (AvgIpc) is 2.94. The largest absolute Gasteiger partial charge is 0.378 e. The van der Waals surface area contributed by atoms with Gasteiger partial charge in [-0.3, -0.25) is 9.59 Å². The van der Waals surface area contributed by atoms with Gasteiger partial charge in [-0.2, -0.15) is 0 Å². The van der Waals surface area contributed by atoms with E-state index in [9.17, 15) is 14.4 Å². The number of hydrogen-bond donors (Lipinski definition) is 1. The van der Waals surface area contributed by atoms with Crippen LogP contribution in [0.15, 0.2) is 48.5 Å². The number of morpholine rings is 1. The van der Waals surface area contributed by atoms with E-state index in [1.54, 1.807) is 53.4 Å². The molecule has 0 unspecified atom stereocenters. The summed E-state index contributed by atoms with van der Waals surface area (Å²) in [6.45, 7) is 2.18. The standard InChI is InChI=1S/C19H17N3O4/c23-17-15-3-1-2-4-16(15)18(24)22(17)14-7-5-13(6-8-14)20-19(25)21-9-11-26-12-10-21/h1-8H,9-12H2,(H,20,25). The molecule has 0 aromatic heterocycles. The van der Waals surface area contributed by atoms with Gasteiger partial charge in [0.2, 0.25) is 0 Å². The van der Waals surface area contributed by atoms with Gasteiger partial charge in [0, 0.05) is 18.8 Å². The molecule has 1 saturated heterocycles. The number of anilines is 2. The zero-order chi connectivity index (χ0) is 18.1. The third-order valence-corrected chi connectivity index (χ3v) is 4.47. The Morgan fingerprint density at radius 2 is 1.46 bits per heavy atom. The maximum atomic E-state index is 12.5. The van der Waals surface area contributed by atoms with E-state index >= 15 is 0 Å². The van der Waals surface area contributed by atoms with E-state index in [1.807, 2.05) is 0 Å². The number of urea groups is 1. The Morgan fingerprint density at radius 3 is 2.04 bits per heavy atom. The van der Waals surface area contributed by atoms with Gasteiger partial charge in [-0.15, -0.1) is 0 Å². The van der Waals surface area contributed by atoms with E-state index in [-0.39, 0.29) is 17.8 Å². The predicted octanol–water partition coefficient (Wildman–Crippen LogP) is 2.35. The van der Waals surface area contributed by atoms with Crippen LogP contribution in [-0.4, -0.2) is 49.0 Å². The number of hydrogen-bond acceptors (Lipinski definition) is 4. The van der Waals surface area contributed by atoms with Crippen LogP contribution in [0.25, 0.3) is 0 Å². The summed E-state index contributed by atoms with van der Waals surface area (Å²) in [5.41, 5.74) is 1.88. The van der Waals surface area contributed by atoms with Crippen molar-refractivity contribution in [3.63, 3.8) is 0 Å². The number of carbonyl (C=O) groups is 3. The Kier molecular flexibility index (Phi) is 4.14. The van der Waals surface area contributed by atoms with Gasteiger partial charge in [-0.05, 0) is 36.4 Å². The maximum absolute atomic E-state index is 12.5. The molecule has 1 fully saturated rings. The number of nitrogens with one attached hydrogen (secondary N) is 1. The van der Waals surface area contributed by atoms with Gasteiger partial charge in [-0.1, -0.05) is 12.1 Å². The SMILES string of the molecule is O=C(Nc1ccc(N2C(=O)c3ccccc3C2=O)cc1)N1CCOCC1. The minimum absolute atomic E-state index is 0.193. The molecule has 132 valence electrons. The van der Waals surface area contributed by atoms with E-state index in [2.05, 4.69) is 5.32 Å². The van der Waals surface area contributed by atoms with Crippen molar-refractivity contribution in [2.24, 2.45) is 0 Å². The fraction of sp³-hybridized carbons (Fsp3) is 0.211. The van der Waals surface area contributed by atoms with Gasteiger partial charge < -0.3 is 15.0 Å². The molecule has 4 amide bonds. The molecule has 2 aliphatic heterocycles. The number of imide groups is 1. The molecule has 2 heterocycles. The monoisotopic (exact) mass is 351 g/mol. The lowest BCUT2D eigenvalue weighted by Gasteiger charge is -2.27. The molecule has 2 aromatic carbocycles. The van der Waals surface area contributed by atoms with Crippen LogP contribution in [0.5, 0.6) is 0 Å². The molecular weight excluding hydrogens is 334 g/mol. The number of carbonyl (C=O) groups excluding carboxylic acids is 3. The van der Waals surface area contributed by atoms with Crippen LogP contribution in [0.4, 0.5) is 16.2 Å². The zero-order valence-corrected chi connectivity index (χ0v) is 14.0. The molecular formula is C19H17N3O4. The lowest BCUT2D eigenvalue weighted by molar-refractivity contribution is 0.0564. The van der Waals surface area contributed by atoms with E-state index in [0.29, 0.717) is 48.8 Å². The van der Waals surface area contributed by atoms with Crippen LogP contribution in [0.1, 0.15) is 20.7 Å². The molecule has 2 aromatic rings. The third-order valence-electron chi connectivity index (χ3n) is 4.47. The van der Waals surface area contributed by atoms with Gasteiger partial charge in [0.25, 0.3) is 11.8 Å². The van der Waals surface area contributed by atoms with Gasteiger partial charge in [0.1, 0.15) is 0 Å². The summed E-state index contributed by atoms with van der Waals surface area (Å²) in [7, 11) is 0. The predicted molar refractivity (Wildman–Crippen MR) is 95.4 cm³/mol. The topological polar surface area (TPSA) is 79.0 Å². The molecule has 7 nitrogen and oxygen atoms in total. The lowest BCUT2D eigenvalue weighted by atomic mass is 10.1. The highest BCUT2D eigenvalue weighted by atomic mass is 16.5. The van der Waals surface area contributed by atoms with Gasteiger partial charge >= 0.3 is 6.03 Å². The summed E-state index contributed by atoms with van der Waals surface area (Å²) in [6.07, 6.45) is 0. The first-order chi connectivity index (χ1) is 12.6. The highest BCUT2D eigenvalue weighted by Gasteiger charge is 2.36. The highest BCUT2D eigenvalue weighted by Crippen LogP contribution is 2.29. The summed E-state index contributed by atoms with van der Waals surface area (Å²) >= 11 is 0. The van der Waals surface area contributed by atoms with E-state index in [1.165, 1.54) is 0 Å². The number of fused-ring (bicyclic) bond motifs is 1. The van der Waals surface area contributed by atoms with Gasteiger partial charge in [0.15, 0.2) is 0 Å². The van der Waals surface area contributed by atoms with Crippen molar-refractivity contribution in [3.05, 3.63) is 59.7 Å². The maximum Gasteiger partial charge on any atom is 0.321 e. The fourth-order valence-corrected chi connectivity index (χ4v) is 3.09. The van der Waals surface area contributed by atoms with Crippen LogP contribution in [0.2, 0.25) is 0 Å². The molecule has 1 N–H and O–H groups in total. The summed E-state index contributed by atoms with van der Waals surface area (Å²) in [6, 6.07) is 13.2. The lowest BCUT2D eigenvalue weighted by Crippen LogP contribution is -2.43. The van der Waals surface area contributed by atoms with Gasteiger partial charge in [0.05, 0.1) is 30.0 Å². The minimum atomic E-state index is -0.337. The van der Waals surface area contributed by atoms with Crippen molar-refractivity contribution in [2.45, 2.75) is 0 Å². The second-order valence-electron chi connectivity index (χ2n) is 6.07. The van der Waals surface area contributed by atoms with E-state index in [0.717, 1.165) is 4.90 Å². The molecule has 26 heavy (non-hydrogen) atoms. The van der Waals surface area contributed by atoms with Crippen LogP contribution in [0, 0.1) is 0 Å². The number of benzene rings is 2. The van der Waals surface area contributed by atoms with Crippen molar-refractivity contribution >= 4 is 29.2 Å². The van der Waals surface area contributed by atoms with Gasteiger partial charge in [-0.25, -0.2) is 9.69 Å². The molecule has 0 aliphatic carbocycles. The quantitative estimate of drug-likeness (QED) is 0.843. The van der Waals surface area contributed by atoms with Crippen LogP contribution >= 0.6 is 0 Å². The third kappa shape index (κ3) is 2.82. The molecule has 0 bridgehead atoms. The van der Waals surface area contributed by atoms with Crippen LogP contribution in [0.3, 0.4) is 0 Å². The first-order valence-corrected chi connectivity index (χ1v) is 8.37. The Bertz CT molecular complexity index is 838. The number of amides is 4. The second-order valence-corrected chi connectivity index (χ2v) is 6.07. The smallest absolute Gasteiger partial charge is 0.321 e. The van der Waals surface area contributed by atoms with Crippen molar-refractivity contribution in [1.29, 1.82) is 0 Å². The Hall–Kier alpha value is -3.19. The molecule has 2 aliphatic rings. The minimum Gasteiger partial charge on any atom is -0.378 e. The summed E-state index contributed by atoms with van der Waals surface area (Å²) in [5.74, 6) is -0.675. The van der Waals surface area contributed by atoms with Crippen LogP contribution in [-0.2, 0) is 4.74 Å². The summed E-state index contributed by atoms with van der Waals surface area (Å²) in [5, 5.41) is 2.81. The number of ether oxygens (including phenoxy) is 1. The summed E-state index contributed by atoms with van der Waals surface area (Å²) < 4.78 is 5.23. The van der Waals surface area contributed by atoms with Crippen molar-refractivity contribution in [3.8, 4) is 0 Å². The van der Waals surface area contributed by atoms with Crippen molar-refractivity contribution < 1.29 is 19.1 Å². The van der Waals surface area contributed by atoms with Crippen molar-refractivity contribution in [2.75, 3.05) is 36.5 Å². The average molecular weight is 351 g/mol.